The van der Waals surface area contributed by atoms with E-state index in [1.165, 1.54) is 6.07 Å². The average Bonchev–Trinajstić information content (AvgIpc) is 2.24. The first-order chi connectivity index (χ1) is 7.49. The highest BCUT2D eigenvalue weighted by atomic mass is 19.2. The maximum atomic E-state index is 13.1. The Bertz CT molecular complexity index is 431. The largest absolute Gasteiger partial charge is 0.389 e. The number of halogens is 3. The minimum Gasteiger partial charge on any atom is -0.389 e. The monoisotopic (exact) mass is 231 g/mol. The molecule has 0 amide bonds. The zero-order chi connectivity index (χ0) is 12.3. The average molecular weight is 231 g/mol. The van der Waals surface area contributed by atoms with Gasteiger partial charge in [0.05, 0.1) is 24.2 Å². The number of nitriles is 1. The maximum Gasteiger partial charge on any atom is 0.167 e. The summed E-state index contributed by atoms with van der Waals surface area (Å²) in [6, 6.07) is 2.73. The Morgan fingerprint density at radius 1 is 1.19 bits per heavy atom. The first-order valence-corrected chi connectivity index (χ1v) is 4.35. The van der Waals surface area contributed by atoms with E-state index in [0.717, 1.165) is 0 Å². The normalized spacial score (nSPS) is 14.2. The van der Waals surface area contributed by atoms with Gasteiger partial charge in [0.2, 0.25) is 0 Å². The first-order valence-electron chi connectivity index (χ1n) is 4.35. The number of rotatable bonds is 3. The fraction of sp³-hybridized carbons (Fsp3) is 0.300. The van der Waals surface area contributed by atoms with Gasteiger partial charge < -0.3 is 10.2 Å². The predicted molar refractivity (Wildman–Crippen MR) is 47.5 cm³/mol. The van der Waals surface area contributed by atoms with Gasteiger partial charge in [-0.3, -0.25) is 0 Å². The molecule has 0 bridgehead atoms. The Balaban J connectivity index is 3.13. The molecule has 0 saturated carbocycles. The van der Waals surface area contributed by atoms with Crippen molar-refractivity contribution in [2.24, 2.45) is 0 Å². The SMILES string of the molecule is N#CCC(O)C(O)c1c(F)ccc(F)c1F. The van der Waals surface area contributed by atoms with Crippen LogP contribution in [0, 0.1) is 28.8 Å². The summed E-state index contributed by atoms with van der Waals surface area (Å²) >= 11 is 0. The zero-order valence-electron chi connectivity index (χ0n) is 7.99. The van der Waals surface area contributed by atoms with Gasteiger partial charge in [0.1, 0.15) is 11.9 Å². The van der Waals surface area contributed by atoms with Gasteiger partial charge in [-0.1, -0.05) is 0 Å². The summed E-state index contributed by atoms with van der Waals surface area (Å²) in [6.45, 7) is 0. The highest BCUT2D eigenvalue weighted by Crippen LogP contribution is 2.26. The molecule has 1 aromatic carbocycles. The number of aliphatic hydroxyl groups excluding tert-OH is 2. The number of hydrogen-bond donors (Lipinski definition) is 2. The topological polar surface area (TPSA) is 64.2 Å². The highest BCUT2D eigenvalue weighted by Gasteiger charge is 2.26. The Labute approximate surface area is 89.4 Å². The molecular formula is C10H8F3NO2. The van der Waals surface area contributed by atoms with Crippen LogP contribution in [-0.2, 0) is 0 Å². The molecule has 0 radical (unpaired) electrons. The molecule has 0 aliphatic rings. The zero-order valence-corrected chi connectivity index (χ0v) is 7.99. The van der Waals surface area contributed by atoms with Crippen LogP contribution >= 0.6 is 0 Å². The smallest absolute Gasteiger partial charge is 0.167 e. The second kappa shape index (κ2) is 4.96. The molecular weight excluding hydrogens is 223 g/mol. The lowest BCUT2D eigenvalue weighted by molar-refractivity contribution is 0.0168. The van der Waals surface area contributed by atoms with Crippen LogP contribution in [0.1, 0.15) is 18.1 Å². The molecule has 0 fully saturated rings. The lowest BCUT2D eigenvalue weighted by Gasteiger charge is -2.16. The van der Waals surface area contributed by atoms with Crippen molar-refractivity contribution in [1.82, 2.24) is 0 Å². The van der Waals surface area contributed by atoms with Crippen molar-refractivity contribution in [2.45, 2.75) is 18.6 Å². The molecule has 0 spiro atoms. The summed E-state index contributed by atoms with van der Waals surface area (Å²) < 4.78 is 39.0. The first kappa shape index (κ1) is 12.5. The van der Waals surface area contributed by atoms with Crippen LogP contribution in [0.15, 0.2) is 12.1 Å². The summed E-state index contributed by atoms with van der Waals surface area (Å²) in [6.07, 6.45) is -4.16. The van der Waals surface area contributed by atoms with Crippen molar-refractivity contribution in [3.05, 3.63) is 35.1 Å². The van der Waals surface area contributed by atoms with E-state index in [9.17, 15) is 23.4 Å². The summed E-state index contributed by atoms with van der Waals surface area (Å²) in [5, 5.41) is 26.8. The minimum absolute atomic E-state index is 0.517. The molecule has 1 aromatic rings. The molecule has 6 heteroatoms. The van der Waals surface area contributed by atoms with E-state index in [4.69, 9.17) is 5.26 Å². The quantitative estimate of drug-likeness (QED) is 0.773. The van der Waals surface area contributed by atoms with Crippen LogP contribution in [0.3, 0.4) is 0 Å². The summed E-state index contributed by atoms with van der Waals surface area (Å²) in [7, 11) is 0. The molecule has 2 unspecified atom stereocenters. The van der Waals surface area contributed by atoms with E-state index in [1.807, 2.05) is 0 Å². The van der Waals surface area contributed by atoms with Crippen LogP contribution in [0.25, 0.3) is 0 Å². The standard InChI is InChI=1S/C10H8F3NO2/c11-5-1-2-6(12)9(13)8(5)10(16)7(15)3-4-14/h1-2,7,10,15-16H,3H2. The Hall–Kier alpha value is -1.58. The lowest BCUT2D eigenvalue weighted by Crippen LogP contribution is -2.20. The van der Waals surface area contributed by atoms with Gasteiger partial charge in [-0.05, 0) is 12.1 Å². The van der Waals surface area contributed by atoms with Crippen molar-refractivity contribution in [3.8, 4) is 6.07 Å². The maximum absolute atomic E-state index is 13.1. The van der Waals surface area contributed by atoms with E-state index in [1.54, 1.807) is 0 Å². The molecule has 2 atom stereocenters. The number of hydrogen-bond acceptors (Lipinski definition) is 3. The second-order valence-corrected chi connectivity index (χ2v) is 3.13. The fourth-order valence-electron chi connectivity index (χ4n) is 1.21. The molecule has 0 aliphatic heterocycles. The minimum atomic E-state index is -1.98. The van der Waals surface area contributed by atoms with Crippen LogP contribution in [-0.4, -0.2) is 16.3 Å². The van der Waals surface area contributed by atoms with Crippen LogP contribution < -0.4 is 0 Å². The molecule has 0 aliphatic carbocycles. The van der Waals surface area contributed by atoms with E-state index in [-0.39, 0.29) is 0 Å². The van der Waals surface area contributed by atoms with Gasteiger partial charge in [0.15, 0.2) is 11.6 Å². The van der Waals surface area contributed by atoms with E-state index in [0.29, 0.717) is 12.1 Å². The molecule has 0 aromatic heterocycles. The van der Waals surface area contributed by atoms with Gasteiger partial charge in [0.25, 0.3) is 0 Å². The van der Waals surface area contributed by atoms with Crippen LogP contribution in [0.2, 0.25) is 0 Å². The molecule has 0 heterocycles. The summed E-state index contributed by atoms with van der Waals surface area (Å²) in [5.41, 5.74) is -0.970. The van der Waals surface area contributed by atoms with Crippen LogP contribution in [0.5, 0.6) is 0 Å². The van der Waals surface area contributed by atoms with Crippen molar-refractivity contribution in [2.75, 3.05) is 0 Å². The van der Waals surface area contributed by atoms with E-state index >= 15 is 0 Å². The second-order valence-electron chi connectivity index (χ2n) is 3.13. The molecule has 3 nitrogen and oxygen atoms in total. The van der Waals surface area contributed by atoms with Gasteiger partial charge in [-0.2, -0.15) is 5.26 Å². The predicted octanol–water partition coefficient (Wildman–Crippen LogP) is 1.41. The van der Waals surface area contributed by atoms with Gasteiger partial charge in [-0.15, -0.1) is 0 Å². The molecule has 2 N–H and O–H groups in total. The van der Waals surface area contributed by atoms with E-state index < -0.39 is 41.6 Å². The highest BCUT2D eigenvalue weighted by molar-refractivity contribution is 5.24. The van der Waals surface area contributed by atoms with Gasteiger partial charge in [-0.25, -0.2) is 13.2 Å². The number of nitrogens with zero attached hydrogens (tertiary/aromatic N) is 1. The lowest BCUT2D eigenvalue weighted by atomic mass is 10.0. The van der Waals surface area contributed by atoms with Crippen molar-refractivity contribution in [3.63, 3.8) is 0 Å². The summed E-state index contributed by atoms with van der Waals surface area (Å²) in [4.78, 5) is 0. The molecule has 0 saturated heterocycles. The third-order valence-corrected chi connectivity index (χ3v) is 2.04. The Morgan fingerprint density at radius 2 is 1.75 bits per heavy atom. The number of aliphatic hydroxyl groups is 2. The molecule has 86 valence electrons. The van der Waals surface area contributed by atoms with Crippen LogP contribution in [0.4, 0.5) is 13.2 Å². The van der Waals surface area contributed by atoms with Crippen molar-refractivity contribution >= 4 is 0 Å². The molecule has 16 heavy (non-hydrogen) atoms. The molecule has 1 rings (SSSR count). The Morgan fingerprint density at radius 3 is 2.31 bits per heavy atom. The van der Waals surface area contributed by atoms with Gasteiger partial charge >= 0.3 is 0 Å². The Kier molecular flexibility index (Phi) is 3.88. The fourth-order valence-corrected chi connectivity index (χ4v) is 1.21. The third-order valence-electron chi connectivity index (χ3n) is 2.04. The van der Waals surface area contributed by atoms with Crippen molar-refractivity contribution < 1.29 is 23.4 Å². The third kappa shape index (κ3) is 2.32. The van der Waals surface area contributed by atoms with Crippen molar-refractivity contribution in [1.29, 1.82) is 5.26 Å². The van der Waals surface area contributed by atoms with Gasteiger partial charge in [0, 0.05) is 0 Å². The number of benzene rings is 1. The van der Waals surface area contributed by atoms with E-state index in [2.05, 4.69) is 0 Å². The summed E-state index contributed by atoms with van der Waals surface area (Å²) in [5.74, 6) is -4.08.